The lowest BCUT2D eigenvalue weighted by Gasteiger charge is -2.07. The van der Waals surface area contributed by atoms with Crippen molar-refractivity contribution in [1.29, 1.82) is 0 Å². The molecule has 0 spiro atoms. The van der Waals surface area contributed by atoms with Gasteiger partial charge in [-0.1, -0.05) is 62.4 Å². The van der Waals surface area contributed by atoms with Crippen LogP contribution in [0.3, 0.4) is 0 Å². The van der Waals surface area contributed by atoms with Crippen LogP contribution in [0.1, 0.15) is 59.7 Å². The fourth-order valence-electron chi connectivity index (χ4n) is 3.03. The third-order valence-electron chi connectivity index (χ3n) is 4.39. The maximum absolute atomic E-state index is 12.7. The summed E-state index contributed by atoms with van der Waals surface area (Å²) in [6.45, 7) is 4.39. The van der Waals surface area contributed by atoms with E-state index in [2.05, 4.69) is 50.3 Å². The molecule has 1 aliphatic rings. The Balaban J connectivity index is 1.92. The van der Waals surface area contributed by atoms with E-state index in [4.69, 9.17) is 0 Å². The first-order chi connectivity index (χ1) is 10.6. The SMILES string of the molecule is CC(C)c1ccc(/C=C2\CCCc3ccccc3C2=O)cc1. The molecule has 0 atom stereocenters. The standard InChI is InChI=1S/C21H22O/c1-15(2)17-12-10-16(11-13-17)14-19-8-5-7-18-6-3-4-9-20(18)21(19)22/h3-4,6,9-15H,5,7-8H2,1-2H3/b19-14+. The van der Waals surface area contributed by atoms with Crippen molar-refractivity contribution in [2.45, 2.75) is 39.0 Å². The highest BCUT2D eigenvalue weighted by atomic mass is 16.1. The number of hydrogen-bond donors (Lipinski definition) is 0. The molecule has 3 rings (SSSR count). The van der Waals surface area contributed by atoms with Gasteiger partial charge in [0.2, 0.25) is 0 Å². The highest BCUT2D eigenvalue weighted by molar-refractivity contribution is 6.12. The van der Waals surface area contributed by atoms with Crippen molar-refractivity contribution in [2.75, 3.05) is 0 Å². The second-order valence-corrected chi connectivity index (χ2v) is 6.33. The van der Waals surface area contributed by atoms with E-state index in [1.54, 1.807) is 0 Å². The second kappa shape index (κ2) is 6.31. The Morgan fingerprint density at radius 3 is 2.41 bits per heavy atom. The number of ketones is 1. The van der Waals surface area contributed by atoms with Gasteiger partial charge in [0.25, 0.3) is 0 Å². The molecular formula is C21H22O. The topological polar surface area (TPSA) is 17.1 Å². The fourth-order valence-corrected chi connectivity index (χ4v) is 3.03. The fraction of sp³-hybridized carbons (Fsp3) is 0.286. The van der Waals surface area contributed by atoms with Crippen LogP contribution in [0.15, 0.2) is 54.1 Å². The summed E-state index contributed by atoms with van der Waals surface area (Å²) in [5.41, 5.74) is 5.45. The minimum atomic E-state index is 0.195. The molecule has 0 amide bonds. The van der Waals surface area contributed by atoms with E-state index in [-0.39, 0.29) is 5.78 Å². The van der Waals surface area contributed by atoms with Gasteiger partial charge in [-0.3, -0.25) is 4.79 Å². The van der Waals surface area contributed by atoms with Crippen molar-refractivity contribution < 1.29 is 4.79 Å². The molecule has 0 bridgehead atoms. The molecule has 0 aromatic heterocycles. The van der Waals surface area contributed by atoms with Gasteiger partial charge in [-0.15, -0.1) is 0 Å². The summed E-state index contributed by atoms with van der Waals surface area (Å²) in [5.74, 6) is 0.731. The molecule has 0 aliphatic heterocycles. The number of carbonyl (C=O) groups excluding carboxylic acids is 1. The quantitative estimate of drug-likeness (QED) is 0.533. The van der Waals surface area contributed by atoms with Gasteiger partial charge in [-0.2, -0.15) is 0 Å². The summed E-state index contributed by atoms with van der Waals surface area (Å²) in [6, 6.07) is 16.6. The first kappa shape index (κ1) is 14.8. The van der Waals surface area contributed by atoms with Crippen molar-refractivity contribution in [3.05, 3.63) is 76.4 Å². The number of hydrogen-bond acceptors (Lipinski definition) is 1. The maximum Gasteiger partial charge on any atom is 0.189 e. The maximum atomic E-state index is 12.7. The number of rotatable bonds is 2. The van der Waals surface area contributed by atoms with Crippen molar-refractivity contribution in [1.82, 2.24) is 0 Å². The van der Waals surface area contributed by atoms with Crippen LogP contribution in [0.4, 0.5) is 0 Å². The van der Waals surface area contributed by atoms with Crippen LogP contribution in [0, 0.1) is 0 Å². The van der Waals surface area contributed by atoms with E-state index in [1.807, 2.05) is 18.2 Å². The molecule has 0 unspecified atom stereocenters. The Hall–Kier alpha value is -2.15. The van der Waals surface area contributed by atoms with Gasteiger partial charge in [-0.25, -0.2) is 0 Å². The zero-order chi connectivity index (χ0) is 15.5. The Morgan fingerprint density at radius 1 is 0.955 bits per heavy atom. The molecule has 2 aromatic carbocycles. The third kappa shape index (κ3) is 3.04. The minimum Gasteiger partial charge on any atom is -0.289 e. The summed E-state index contributed by atoms with van der Waals surface area (Å²) in [6.07, 6.45) is 4.96. The lowest BCUT2D eigenvalue weighted by Crippen LogP contribution is -2.03. The second-order valence-electron chi connectivity index (χ2n) is 6.33. The van der Waals surface area contributed by atoms with Gasteiger partial charge in [-0.05, 0) is 47.9 Å². The molecule has 0 radical (unpaired) electrons. The summed E-state index contributed by atoms with van der Waals surface area (Å²) < 4.78 is 0. The van der Waals surface area contributed by atoms with Crippen LogP contribution in [-0.2, 0) is 6.42 Å². The average Bonchev–Trinajstić information content (AvgIpc) is 2.68. The van der Waals surface area contributed by atoms with Crippen molar-refractivity contribution >= 4 is 11.9 Å². The zero-order valence-electron chi connectivity index (χ0n) is 13.3. The van der Waals surface area contributed by atoms with Crippen molar-refractivity contribution in [3.8, 4) is 0 Å². The van der Waals surface area contributed by atoms with Crippen LogP contribution < -0.4 is 0 Å². The number of carbonyl (C=O) groups is 1. The highest BCUT2D eigenvalue weighted by Crippen LogP contribution is 2.26. The Labute approximate surface area is 132 Å². The lowest BCUT2D eigenvalue weighted by atomic mass is 9.97. The number of fused-ring (bicyclic) bond motifs is 1. The minimum absolute atomic E-state index is 0.195. The Bertz CT molecular complexity index is 705. The van der Waals surface area contributed by atoms with Crippen LogP contribution in [0.5, 0.6) is 0 Å². The molecule has 22 heavy (non-hydrogen) atoms. The van der Waals surface area contributed by atoms with Gasteiger partial charge in [0.15, 0.2) is 5.78 Å². The van der Waals surface area contributed by atoms with Crippen LogP contribution in [0.2, 0.25) is 0 Å². The molecular weight excluding hydrogens is 268 g/mol. The summed E-state index contributed by atoms with van der Waals surface area (Å²) >= 11 is 0. The predicted molar refractivity (Wildman–Crippen MR) is 92.2 cm³/mol. The smallest absolute Gasteiger partial charge is 0.189 e. The molecule has 0 saturated carbocycles. The monoisotopic (exact) mass is 290 g/mol. The first-order valence-electron chi connectivity index (χ1n) is 8.08. The largest absolute Gasteiger partial charge is 0.289 e. The zero-order valence-corrected chi connectivity index (χ0v) is 13.3. The van der Waals surface area contributed by atoms with E-state index < -0.39 is 0 Å². The number of benzene rings is 2. The summed E-state index contributed by atoms with van der Waals surface area (Å²) in [4.78, 5) is 12.7. The lowest BCUT2D eigenvalue weighted by molar-refractivity contribution is 0.103. The molecule has 1 heteroatoms. The van der Waals surface area contributed by atoms with Crippen LogP contribution >= 0.6 is 0 Å². The normalized spacial score (nSPS) is 16.7. The van der Waals surface area contributed by atoms with Gasteiger partial charge in [0.05, 0.1) is 0 Å². The van der Waals surface area contributed by atoms with Crippen LogP contribution in [0.25, 0.3) is 6.08 Å². The van der Waals surface area contributed by atoms with E-state index in [0.29, 0.717) is 5.92 Å². The molecule has 0 heterocycles. The molecule has 1 nitrogen and oxygen atoms in total. The van der Waals surface area contributed by atoms with E-state index in [1.165, 1.54) is 11.1 Å². The molecule has 0 fully saturated rings. The molecule has 112 valence electrons. The Kier molecular flexibility index (Phi) is 4.24. The molecule has 1 aliphatic carbocycles. The summed E-state index contributed by atoms with van der Waals surface area (Å²) in [7, 11) is 0. The number of allylic oxidation sites excluding steroid dienone is 1. The molecule has 0 N–H and O–H groups in total. The number of Topliss-reactive ketones (excluding diaryl/α,β-unsaturated/α-hetero) is 1. The summed E-state index contributed by atoms with van der Waals surface area (Å²) in [5, 5.41) is 0. The van der Waals surface area contributed by atoms with E-state index >= 15 is 0 Å². The van der Waals surface area contributed by atoms with Gasteiger partial charge < -0.3 is 0 Å². The van der Waals surface area contributed by atoms with Gasteiger partial charge in [0.1, 0.15) is 0 Å². The average molecular weight is 290 g/mol. The molecule has 0 saturated heterocycles. The van der Waals surface area contributed by atoms with E-state index in [9.17, 15) is 4.79 Å². The van der Waals surface area contributed by atoms with Crippen molar-refractivity contribution in [2.24, 2.45) is 0 Å². The van der Waals surface area contributed by atoms with Gasteiger partial charge >= 0.3 is 0 Å². The first-order valence-corrected chi connectivity index (χ1v) is 8.08. The van der Waals surface area contributed by atoms with Gasteiger partial charge in [0, 0.05) is 11.1 Å². The number of aryl methyl sites for hydroxylation is 1. The van der Waals surface area contributed by atoms with Crippen LogP contribution in [-0.4, -0.2) is 5.78 Å². The Morgan fingerprint density at radius 2 is 1.68 bits per heavy atom. The highest BCUT2D eigenvalue weighted by Gasteiger charge is 2.19. The third-order valence-corrected chi connectivity index (χ3v) is 4.39. The van der Waals surface area contributed by atoms with Crippen molar-refractivity contribution in [3.63, 3.8) is 0 Å². The molecule has 2 aromatic rings. The van der Waals surface area contributed by atoms with E-state index in [0.717, 1.165) is 36.0 Å². The predicted octanol–water partition coefficient (Wildman–Crippen LogP) is 5.41.